The fraction of sp³-hybridized carbons (Fsp3) is 0.500. The van der Waals surface area contributed by atoms with E-state index < -0.39 is 0 Å². The van der Waals surface area contributed by atoms with E-state index in [-0.39, 0.29) is 11.2 Å². The number of aromatic nitrogens is 3. The summed E-state index contributed by atoms with van der Waals surface area (Å²) in [5.74, 6) is 0.226. The van der Waals surface area contributed by atoms with Gasteiger partial charge in [0.05, 0.1) is 0 Å². The summed E-state index contributed by atoms with van der Waals surface area (Å²) in [6, 6.07) is 4.08. The lowest BCUT2D eigenvalue weighted by molar-refractivity contribution is 0.351. The Hall–Kier alpha value is -1.41. The Morgan fingerprint density at radius 3 is 2.74 bits per heavy atom. The average Bonchev–Trinajstić information content (AvgIpc) is 2.72. The first-order valence-corrected chi connectivity index (χ1v) is 7.38. The van der Waals surface area contributed by atoms with Gasteiger partial charge < -0.3 is 4.57 Å². The van der Waals surface area contributed by atoms with Crippen molar-refractivity contribution in [1.82, 2.24) is 14.5 Å². The number of rotatable bonds is 3. The molecule has 0 bridgehead atoms. The lowest BCUT2D eigenvalue weighted by Gasteiger charge is -2.19. The van der Waals surface area contributed by atoms with Crippen LogP contribution in [0.3, 0.4) is 0 Å². The summed E-state index contributed by atoms with van der Waals surface area (Å²) in [5.41, 5.74) is 2.29. The van der Waals surface area contributed by atoms with Crippen LogP contribution < -0.4 is 0 Å². The van der Waals surface area contributed by atoms with Gasteiger partial charge in [-0.3, -0.25) is 0 Å². The summed E-state index contributed by atoms with van der Waals surface area (Å²) in [4.78, 5) is 8.35. The lowest BCUT2D eigenvalue weighted by Crippen LogP contribution is -2.12. The van der Waals surface area contributed by atoms with Gasteiger partial charge in [0.15, 0.2) is 0 Å². The van der Waals surface area contributed by atoms with E-state index in [0.29, 0.717) is 0 Å². The predicted molar refractivity (Wildman–Crippen MR) is 78.9 cm³/mol. The quantitative estimate of drug-likeness (QED) is 0.811. The molecule has 0 saturated carbocycles. The lowest BCUT2D eigenvalue weighted by atomic mass is 9.92. The zero-order valence-corrected chi connectivity index (χ0v) is 13.0. The highest BCUT2D eigenvalue weighted by Crippen LogP contribution is 2.24. The normalized spacial score (nSPS) is 11.7. The second-order valence-corrected chi connectivity index (χ2v) is 6.38. The molecule has 0 atom stereocenters. The van der Waals surface area contributed by atoms with Crippen molar-refractivity contribution < 1.29 is 0 Å². The van der Waals surface area contributed by atoms with Gasteiger partial charge in [-0.25, -0.2) is 9.97 Å². The van der Waals surface area contributed by atoms with Gasteiger partial charge in [0.1, 0.15) is 11.7 Å². The standard InChI is InChI=1S/C14H17BrN4/c1-14(2,3)4-5-19-11(7-15)6-10-9-17-12(8-16)18-13(10)19/h6,9H,4-5,7H2,1-3H3. The molecular weight excluding hydrogens is 304 g/mol. The number of hydrogen-bond donors (Lipinski definition) is 0. The summed E-state index contributed by atoms with van der Waals surface area (Å²) in [5, 5.41) is 10.7. The molecule has 2 rings (SSSR count). The zero-order valence-electron chi connectivity index (χ0n) is 11.4. The molecule has 4 nitrogen and oxygen atoms in total. The van der Waals surface area contributed by atoms with Crippen LogP contribution in [-0.4, -0.2) is 14.5 Å². The molecule has 2 heterocycles. The Labute approximate surface area is 121 Å². The molecule has 0 aromatic carbocycles. The fourth-order valence-electron chi connectivity index (χ4n) is 1.95. The van der Waals surface area contributed by atoms with E-state index in [2.05, 4.69) is 57.3 Å². The zero-order chi connectivity index (χ0) is 14.0. The maximum absolute atomic E-state index is 8.92. The topological polar surface area (TPSA) is 54.5 Å². The molecule has 19 heavy (non-hydrogen) atoms. The van der Waals surface area contributed by atoms with Crippen LogP contribution in [0.1, 0.15) is 38.7 Å². The molecule has 0 spiro atoms. The Kier molecular flexibility index (Phi) is 3.91. The van der Waals surface area contributed by atoms with E-state index in [9.17, 15) is 0 Å². The van der Waals surface area contributed by atoms with Gasteiger partial charge in [-0.05, 0) is 17.9 Å². The first kappa shape index (κ1) is 14.0. The minimum Gasteiger partial charge on any atom is -0.329 e. The van der Waals surface area contributed by atoms with E-state index in [0.717, 1.165) is 29.3 Å². The molecule has 0 unspecified atom stereocenters. The first-order valence-electron chi connectivity index (χ1n) is 6.26. The molecule has 100 valence electrons. The molecule has 2 aromatic rings. The van der Waals surface area contributed by atoms with Crippen molar-refractivity contribution in [3.63, 3.8) is 0 Å². The van der Waals surface area contributed by atoms with Gasteiger partial charge in [-0.15, -0.1) is 0 Å². The molecule has 2 aromatic heterocycles. The van der Waals surface area contributed by atoms with Gasteiger partial charge >= 0.3 is 0 Å². The van der Waals surface area contributed by atoms with Crippen LogP contribution in [0.2, 0.25) is 0 Å². The number of fused-ring (bicyclic) bond motifs is 1. The molecule has 0 fully saturated rings. The summed E-state index contributed by atoms with van der Waals surface area (Å²) in [6.45, 7) is 7.57. The molecular formula is C14H17BrN4. The van der Waals surface area contributed by atoms with Gasteiger partial charge in [-0.2, -0.15) is 5.26 Å². The molecule has 0 radical (unpaired) electrons. The predicted octanol–water partition coefficient (Wildman–Crippen LogP) is 3.63. The van der Waals surface area contributed by atoms with E-state index in [1.807, 2.05) is 6.07 Å². The van der Waals surface area contributed by atoms with E-state index in [1.54, 1.807) is 6.20 Å². The minimum absolute atomic E-state index is 0.226. The highest BCUT2D eigenvalue weighted by Gasteiger charge is 2.15. The van der Waals surface area contributed by atoms with Crippen LogP contribution in [0, 0.1) is 16.7 Å². The smallest absolute Gasteiger partial charge is 0.234 e. The molecule has 0 N–H and O–H groups in total. The Balaban J connectivity index is 2.47. The number of hydrogen-bond acceptors (Lipinski definition) is 3. The van der Waals surface area contributed by atoms with Crippen molar-refractivity contribution in [2.45, 2.75) is 39.1 Å². The number of aryl methyl sites for hydroxylation is 1. The number of halogens is 1. The van der Waals surface area contributed by atoms with Crippen LogP contribution in [-0.2, 0) is 11.9 Å². The maximum Gasteiger partial charge on any atom is 0.234 e. The molecule has 0 aliphatic heterocycles. The Bertz CT molecular complexity index is 631. The molecule has 0 saturated heterocycles. The van der Waals surface area contributed by atoms with E-state index in [1.165, 1.54) is 5.69 Å². The van der Waals surface area contributed by atoms with Crippen molar-refractivity contribution in [2.75, 3.05) is 0 Å². The summed E-state index contributed by atoms with van der Waals surface area (Å²) < 4.78 is 2.18. The second kappa shape index (κ2) is 5.30. The first-order chi connectivity index (χ1) is 8.94. The SMILES string of the molecule is CC(C)(C)CCn1c(CBr)cc2cnc(C#N)nc21. The third kappa shape index (κ3) is 3.13. The Morgan fingerprint density at radius 2 is 2.16 bits per heavy atom. The Morgan fingerprint density at radius 1 is 1.42 bits per heavy atom. The van der Waals surface area contributed by atoms with Crippen LogP contribution in [0.5, 0.6) is 0 Å². The fourth-order valence-corrected chi connectivity index (χ4v) is 2.42. The highest BCUT2D eigenvalue weighted by atomic mass is 79.9. The van der Waals surface area contributed by atoms with Crippen molar-refractivity contribution in [3.8, 4) is 6.07 Å². The third-order valence-corrected chi connectivity index (χ3v) is 3.62. The van der Waals surface area contributed by atoms with Crippen LogP contribution in [0.25, 0.3) is 11.0 Å². The van der Waals surface area contributed by atoms with Crippen molar-refractivity contribution in [1.29, 1.82) is 5.26 Å². The van der Waals surface area contributed by atoms with Gasteiger partial charge in [0, 0.05) is 29.2 Å². The molecule has 0 amide bonds. The van der Waals surface area contributed by atoms with Crippen molar-refractivity contribution in [2.24, 2.45) is 5.41 Å². The summed E-state index contributed by atoms with van der Waals surface area (Å²) in [7, 11) is 0. The minimum atomic E-state index is 0.226. The highest BCUT2D eigenvalue weighted by molar-refractivity contribution is 9.08. The van der Waals surface area contributed by atoms with Crippen LogP contribution >= 0.6 is 15.9 Å². The van der Waals surface area contributed by atoms with Crippen molar-refractivity contribution >= 4 is 27.0 Å². The number of nitriles is 1. The molecule has 0 aliphatic carbocycles. The monoisotopic (exact) mass is 320 g/mol. The van der Waals surface area contributed by atoms with Gasteiger partial charge in [-0.1, -0.05) is 36.7 Å². The summed E-state index contributed by atoms with van der Waals surface area (Å²) >= 11 is 3.51. The van der Waals surface area contributed by atoms with Crippen LogP contribution in [0.4, 0.5) is 0 Å². The average molecular weight is 321 g/mol. The largest absolute Gasteiger partial charge is 0.329 e. The van der Waals surface area contributed by atoms with Gasteiger partial charge in [0.25, 0.3) is 0 Å². The summed E-state index contributed by atoms with van der Waals surface area (Å²) in [6.07, 6.45) is 2.78. The van der Waals surface area contributed by atoms with E-state index in [4.69, 9.17) is 5.26 Å². The number of nitrogens with zero attached hydrogens (tertiary/aromatic N) is 4. The second-order valence-electron chi connectivity index (χ2n) is 5.82. The van der Waals surface area contributed by atoms with Crippen LogP contribution in [0.15, 0.2) is 12.3 Å². The third-order valence-electron chi connectivity index (χ3n) is 3.04. The van der Waals surface area contributed by atoms with Crippen molar-refractivity contribution in [3.05, 3.63) is 23.8 Å². The molecule has 5 heteroatoms. The maximum atomic E-state index is 8.92. The van der Waals surface area contributed by atoms with Gasteiger partial charge in [0.2, 0.25) is 5.82 Å². The molecule has 0 aliphatic rings. The van der Waals surface area contributed by atoms with E-state index >= 15 is 0 Å². The number of alkyl halides is 1.